The van der Waals surface area contributed by atoms with E-state index < -0.39 is 5.54 Å². The average Bonchev–Trinajstić information content (AvgIpc) is 2.44. The lowest BCUT2D eigenvalue weighted by Crippen LogP contribution is -2.53. The quantitative estimate of drug-likeness (QED) is 0.840. The van der Waals surface area contributed by atoms with E-state index in [0.29, 0.717) is 5.92 Å². The maximum Gasteiger partial charge on any atom is 0.161 e. The zero-order chi connectivity index (χ0) is 16.2. The molecule has 2 N–H and O–H groups in total. The summed E-state index contributed by atoms with van der Waals surface area (Å²) < 4.78 is 10.7. The Bertz CT molecular complexity index is 460. The van der Waals surface area contributed by atoms with Gasteiger partial charge in [-0.25, -0.2) is 0 Å². The summed E-state index contributed by atoms with van der Waals surface area (Å²) in [5, 5.41) is 0. The van der Waals surface area contributed by atoms with Gasteiger partial charge in [0.1, 0.15) is 0 Å². The van der Waals surface area contributed by atoms with Crippen LogP contribution in [0.25, 0.3) is 0 Å². The number of ether oxygens (including phenoxy) is 2. The summed E-state index contributed by atoms with van der Waals surface area (Å²) in [5.74, 6) is 1.95. The van der Waals surface area contributed by atoms with Crippen LogP contribution < -0.4 is 15.2 Å². The third-order valence-corrected chi connectivity index (χ3v) is 4.19. The normalized spacial score (nSPS) is 15.9. The third-order valence-electron chi connectivity index (χ3n) is 4.19. The Kier molecular flexibility index (Phi) is 6.05. The minimum atomic E-state index is -0.433. The number of nitrogens with zero attached hydrogens (tertiary/aromatic N) is 1. The molecular formula is C17H30N2O2. The van der Waals surface area contributed by atoms with E-state index in [0.717, 1.165) is 23.5 Å². The van der Waals surface area contributed by atoms with Crippen LogP contribution in [-0.2, 0) is 5.54 Å². The molecule has 0 aliphatic carbocycles. The maximum atomic E-state index is 6.84. The van der Waals surface area contributed by atoms with Gasteiger partial charge in [-0.3, -0.25) is 0 Å². The summed E-state index contributed by atoms with van der Waals surface area (Å²) in [6.45, 7) is 6.56. The lowest BCUT2D eigenvalue weighted by atomic mass is 9.77. The predicted molar refractivity (Wildman–Crippen MR) is 88.0 cm³/mol. The molecule has 0 fully saturated rings. The molecule has 0 aliphatic rings. The van der Waals surface area contributed by atoms with Crippen LogP contribution in [-0.4, -0.2) is 39.3 Å². The van der Waals surface area contributed by atoms with Crippen molar-refractivity contribution in [2.24, 2.45) is 11.7 Å². The highest BCUT2D eigenvalue weighted by Gasteiger charge is 2.36. The molecule has 0 heterocycles. The van der Waals surface area contributed by atoms with Crippen molar-refractivity contribution < 1.29 is 9.47 Å². The molecule has 0 saturated carbocycles. The Hall–Kier alpha value is -1.26. The number of likely N-dealkylation sites (N-methyl/N-ethyl adjacent to an activating group) is 1. The lowest BCUT2D eigenvalue weighted by Gasteiger charge is -2.41. The van der Waals surface area contributed by atoms with Crippen molar-refractivity contribution in [1.82, 2.24) is 4.90 Å². The third kappa shape index (κ3) is 3.89. The first-order valence-corrected chi connectivity index (χ1v) is 7.44. The molecule has 1 rings (SSSR count). The zero-order valence-corrected chi connectivity index (χ0v) is 14.4. The van der Waals surface area contributed by atoms with Crippen molar-refractivity contribution in [3.63, 3.8) is 0 Å². The topological polar surface area (TPSA) is 47.7 Å². The molecule has 4 heteroatoms. The van der Waals surface area contributed by atoms with Gasteiger partial charge in [-0.15, -0.1) is 0 Å². The van der Waals surface area contributed by atoms with Gasteiger partial charge >= 0.3 is 0 Å². The molecule has 120 valence electrons. The van der Waals surface area contributed by atoms with Gasteiger partial charge < -0.3 is 20.1 Å². The van der Waals surface area contributed by atoms with Crippen molar-refractivity contribution in [1.29, 1.82) is 0 Å². The Morgan fingerprint density at radius 3 is 2.10 bits per heavy atom. The monoisotopic (exact) mass is 294 g/mol. The minimum Gasteiger partial charge on any atom is -0.493 e. The number of benzene rings is 1. The Morgan fingerprint density at radius 2 is 1.67 bits per heavy atom. The van der Waals surface area contributed by atoms with Crippen LogP contribution in [0.2, 0.25) is 0 Å². The van der Waals surface area contributed by atoms with Crippen molar-refractivity contribution >= 4 is 0 Å². The molecule has 0 radical (unpaired) electrons. The van der Waals surface area contributed by atoms with Crippen LogP contribution in [0, 0.1) is 5.92 Å². The summed E-state index contributed by atoms with van der Waals surface area (Å²) in [6.07, 6.45) is 0.905. The first-order chi connectivity index (χ1) is 9.76. The summed E-state index contributed by atoms with van der Waals surface area (Å²) in [4.78, 5) is 2.17. The number of nitrogens with two attached hydrogens (primary N) is 1. The predicted octanol–water partition coefficient (Wildman–Crippen LogP) is 2.85. The van der Waals surface area contributed by atoms with Gasteiger partial charge in [-0.2, -0.15) is 0 Å². The molecule has 0 aliphatic heterocycles. The van der Waals surface area contributed by atoms with E-state index in [1.165, 1.54) is 0 Å². The second-order valence-electron chi connectivity index (χ2n) is 6.35. The molecule has 21 heavy (non-hydrogen) atoms. The number of methoxy groups -OCH3 is 2. The maximum absolute atomic E-state index is 6.84. The average molecular weight is 294 g/mol. The smallest absolute Gasteiger partial charge is 0.161 e. The van der Waals surface area contributed by atoms with E-state index in [1.54, 1.807) is 14.2 Å². The van der Waals surface area contributed by atoms with Crippen LogP contribution in [0.4, 0.5) is 0 Å². The zero-order valence-electron chi connectivity index (χ0n) is 14.4. The van der Waals surface area contributed by atoms with Gasteiger partial charge in [0.05, 0.1) is 19.8 Å². The molecule has 0 saturated heterocycles. The van der Waals surface area contributed by atoms with E-state index in [-0.39, 0.29) is 6.04 Å². The number of hydrogen-bond donors (Lipinski definition) is 1. The van der Waals surface area contributed by atoms with E-state index in [1.807, 2.05) is 18.2 Å². The second kappa shape index (κ2) is 7.14. The second-order valence-corrected chi connectivity index (χ2v) is 6.35. The summed E-state index contributed by atoms with van der Waals surface area (Å²) >= 11 is 0. The van der Waals surface area contributed by atoms with Crippen LogP contribution in [0.3, 0.4) is 0 Å². The van der Waals surface area contributed by atoms with Crippen molar-refractivity contribution in [2.45, 2.75) is 38.8 Å². The fourth-order valence-electron chi connectivity index (χ4n) is 2.79. The molecule has 0 spiro atoms. The van der Waals surface area contributed by atoms with Gasteiger partial charge in [0.15, 0.2) is 11.5 Å². The van der Waals surface area contributed by atoms with Crippen LogP contribution in [0.5, 0.6) is 11.5 Å². The van der Waals surface area contributed by atoms with E-state index >= 15 is 0 Å². The highest BCUT2D eigenvalue weighted by atomic mass is 16.5. The Labute approximate surface area is 129 Å². The van der Waals surface area contributed by atoms with Crippen LogP contribution in [0.1, 0.15) is 32.8 Å². The number of rotatable bonds is 7. The van der Waals surface area contributed by atoms with Crippen molar-refractivity contribution in [3.8, 4) is 11.5 Å². The Morgan fingerprint density at radius 1 is 1.10 bits per heavy atom. The van der Waals surface area contributed by atoms with Gasteiger partial charge in [0, 0.05) is 6.04 Å². The van der Waals surface area contributed by atoms with Crippen molar-refractivity contribution in [2.75, 3.05) is 28.3 Å². The van der Waals surface area contributed by atoms with Crippen LogP contribution >= 0.6 is 0 Å². The van der Waals surface area contributed by atoms with Gasteiger partial charge in [0.25, 0.3) is 0 Å². The molecular weight excluding hydrogens is 264 g/mol. The van der Waals surface area contributed by atoms with E-state index in [4.69, 9.17) is 15.2 Å². The molecule has 2 atom stereocenters. The largest absolute Gasteiger partial charge is 0.493 e. The highest BCUT2D eigenvalue weighted by molar-refractivity contribution is 5.45. The molecule has 4 nitrogen and oxygen atoms in total. The van der Waals surface area contributed by atoms with Crippen LogP contribution in [0.15, 0.2) is 18.2 Å². The summed E-state index contributed by atoms with van der Waals surface area (Å²) in [5.41, 5.74) is 7.49. The lowest BCUT2D eigenvalue weighted by molar-refractivity contribution is 0.166. The number of hydrogen-bond acceptors (Lipinski definition) is 4. The molecule has 0 bridgehead atoms. The van der Waals surface area contributed by atoms with E-state index in [9.17, 15) is 0 Å². The first-order valence-electron chi connectivity index (χ1n) is 7.44. The minimum absolute atomic E-state index is 0.206. The van der Waals surface area contributed by atoms with Gasteiger partial charge in [-0.1, -0.05) is 19.9 Å². The van der Waals surface area contributed by atoms with Gasteiger partial charge in [0.2, 0.25) is 0 Å². The van der Waals surface area contributed by atoms with Gasteiger partial charge in [-0.05, 0) is 51.1 Å². The van der Waals surface area contributed by atoms with E-state index in [2.05, 4.69) is 39.8 Å². The summed E-state index contributed by atoms with van der Waals surface area (Å²) in [6, 6.07) is 6.18. The molecule has 1 aromatic rings. The molecule has 2 unspecified atom stereocenters. The standard InChI is InChI=1S/C17H30N2O2/c1-12(2)11-17(18,13(3)19(4)5)14-8-9-15(20-6)16(10-14)21-7/h8-10,12-13H,11,18H2,1-7H3. The highest BCUT2D eigenvalue weighted by Crippen LogP contribution is 2.36. The summed E-state index contributed by atoms with van der Waals surface area (Å²) in [7, 11) is 7.42. The fraction of sp³-hybridized carbons (Fsp3) is 0.647. The van der Waals surface area contributed by atoms with Crippen molar-refractivity contribution in [3.05, 3.63) is 23.8 Å². The molecule has 0 amide bonds. The molecule has 1 aromatic carbocycles. The SMILES string of the molecule is COc1ccc(C(N)(CC(C)C)C(C)N(C)C)cc1OC. The fourth-order valence-corrected chi connectivity index (χ4v) is 2.79. The first kappa shape index (κ1) is 17.8. The Balaban J connectivity index is 3.32. The molecule has 0 aromatic heterocycles.